The molecule has 0 saturated carbocycles. The fraction of sp³-hybridized carbons (Fsp3) is 0.0714. The number of thiophene rings is 1. The highest BCUT2D eigenvalue weighted by Gasteiger charge is 2.36. The van der Waals surface area contributed by atoms with Gasteiger partial charge in [0.2, 0.25) is 0 Å². The Bertz CT molecular complexity index is 783. The molecule has 2 amide bonds. The molecule has 1 N–H and O–H groups in total. The van der Waals surface area contributed by atoms with Crippen molar-refractivity contribution in [2.24, 2.45) is 0 Å². The molecule has 3 rings (SSSR count). The molecule has 0 atom stereocenters. The van der Waals surface area contributed by atoms with Crippen molar-refractivity contribution in [3.05, 3.63) is 56.2 Å². The van der Waals surface area contributed by atoms with E-state index in [1.807, 2.05) is 0 Å². The summed E-state index contributed by atoms with van der Waals surface area (Å²) in [5.41, 5.74) is 0.339. The number of carbonyl (C=O) groups is 3. The molecule has 1 aliphatic rings. The van der Waals surface area contributed by atoms with Gasteiger partial charge in [-0.05, 0) is 30.3 Å². The van der Waals surface area contributed by atoms with E-state index in [2.05, 4.69) is 0 Å². The molecule has 2 heterocycles. The van der Waals surface area contributed by atoms with E-state index >= 15 is 0 Å². The highest BCUT2D eigenvalue weighted by Crippen LogP contribution is 2.28. The number of imide groups is 1. The molecular formula is C14H8ClNO4S. The summed E-state index contributed by atoms with van der Waals surface area (Å²) in [4.78, 5) is 37.3. The number of hydrogen-bond donors (Lipinski definition) is 1. The zero-order valence-electron chi connectivity index (χ0n) is 10.5. The van der Waals surface area contributed by atoms with Gasteiger partial charge in [0.15, 0.2) is 0 Å². The van der Waals surface area contributed by atoms with Crippen LogP contribution in [0.5, 0.6) is 0 Å². The molecule has 1 aromatic carbocycles. The molecule has 106 valence electrons. The monoisotopic (exact) mass is 321 g/mol. The predicted octanol–water partition coefficient (Wildman–Crippen LogP) is 2.90. The molecule has 0 unspecified atom stereocenters. The van der Waals surface area contributed by atoms with Gasteiger partial charge in [0, 0.05) is 4.88 Å². The normalized spacial score (nSPS) is 13.7. The van der Waals surface area contributed by atoms with Crippen LogP contribution in [0, 0.1) is 0 Å². The van der Waals surface area contributed by atoms with Crippen LogP contribution in [0.4, 0.5) is 0 Å². The molecule has 21 heavy (non-hydrogen) atoms. The Morgan fingerprint density at radius 3 is 2.48 bits per heavy atom. The van der Waals surface area contributed by atoms with Crippen LogP contribution in [0.3, 0.4) is 0 Å². The summed E-state index contributed by atoms with van der Waals surface area (Å²) in [7, 11) is 0. The molecule has 0 bridgehead atoms. The Hall–Kier alpha value is -2.18. The number of aromatic carboxylic acids is 1. The summed E-state index contributed by atoms with van der Waals surface area (Å²) >= 11 is 7.12. The van der Waals surface area contributed by atoms with E-state index in [-0.39, 0.29) is 23.2 Å². The van der Waals surface area contributed by atoms with E-state index in [1.165, 1.54) is 29.5 Å². The molecule has 7 heteroatoms. The first kappa shape index (κ1) is 13.8. The van der Waals surface area contributed by atoms with E-state index < -0.39 is 17.8 Å². The number of nitrogens with zero attached hydrogens (tertiary/aromatic N) is 1. The maximum Gasteiger partial charge on any atom is 0.335 e. The van der Waals surface area contributed by atoms with Gasteiger partial charge in [0.05, 0.1) is 27.6 Å². The van der Waals surface area contributed by atoms with Crippen LogP contribution in [-0.2, 0) is 6.54 Å². The Labute approximate surface area is 128 Å². The molecule has 0 spiro atoms. The summed E-state index contributed by atoms with van der Waals surface area (Å²) in [5.74, 6) is -2.04. The molecule has 0 saturated heterocycles. The van der Waals surface area contributed by atoms with Gasteiger partial charge in [-0.25, -0.2) is 4.79 Å². The highest BCUT2D eigenvalue weighted by molar-refractivity contribution is 7.16. The van der Waals surface area contributed by atoms with E-state index in [0.29, 0.717) is 4.34 Å². The minimum Gasteiger partial charge on any atom is -0.478 e. The molecular weight excluding hydrogens is 314 g/mol. The Morgan fingerprint density at radius 2 is 1.86 bits per heavy atom. The van der Waals surface area contributed by atoms with Gasteiger partial charge in [-0.1, -0.05) is 11.6 Å². The second-order valence-corrected chi connectivity index (χ2v) is 6.27. The maximum atomic E-state index is 12.3. The van der Waals surface area contributed by atoms with Crippen LogP contribution < -0.4 is 0 Å². The number of benzene rings is 1. The van der Waals surface area contributed by atoms with Gasteiger partial charge >= 0.3 is 5.97 Å². The molecule has 0 radical (unpaired) electrons. The lowest BCUT2D eigenvalue weighted by Crippen LogP contribution is -2.28. The van der Waals surface area contributed by atoms with Gasteiger partial charge in [0.1, 0.15) is 0 Å². The van der Waals surface area contributed by atoms with Crippen molar-refractivity contribution in [3.8, 4) is 0 Å². The first-order valence-corrected chi connectivity index (χ1v) is 7.14. The van der Waals surface area contributed by atoms with Gasteiger partial charge in [-0.2, -0.15) is 0 Å². The van der Waals surface area contributed by atoms with Gasteiger partial charge in [-0.3, -0.25) is 14.5 Å². The average Bonchev–Trinajstić information content (AvgIpc) is 2.96. The van der Waals surface area contributed by atoms with Crippen LogP contribution in [0.25, 0.3) is 0 Å². The van der Waals surface area contributed by atoms with Crippen molar-refractivity contribution in [2.75, 3.05) is 0 Å². The Kier molecular flexibility index (Phi) is 3.27. The summed E-state index contributed by atoms with van der Waals surface area (Å²) < 4.78 is 0.578. The minimum absolute atomic E-state index is 0.0177. The average molecular weight is 322 g/mol. The van der Waals surface area contributed by atoms with Crippen LogP contribution >= 0.6 is 22.9 Å². The van der Waals surface area contributed by atoms with Crippen molar-refractivity contribution >= 4 is 40.7 Å². The lowest BCUT2D eigenvalue weighted by molar-refractivity contribution is 0.0642. The van der Waals surface area contributed by atoms with Crippen molar-refractivity contribution in [1.82, 2.24) is 4.90 Å². The van der Waals surface area contributed by atoms with Crippen LogP contribution in [0.1, 0.15) is 36.0 Å². The summed E-state index contributed by atoms with van der Waals surface area (Å²) in [6, 6.07) is 7.37. The number of carboxylic acid groups (broad SMARTS) is 1. The topological polar surface area (TPSA) is 74.7 Å². The van der Waals surface area contributed by atoms with Crippen LogP contribution in [0.2, 0.25) is 4.34 Å². The Morgan fingerprint density at radius 1 is 1.14 bits per heavy atom. The number of halogens is 1. The third-order valence-corrected chi connectivity index (χ3v) is 4.38. The van der Waals surface area contributed by atoms with Gasteiger partial charge < -0.3 is 5.11 Å². The highest BCUT2D eigenvalue weighted by atomic mass is 35.5. The fourth-order valence-electron chi connectivity index (χ4n) is 2.16. The minimum atomic E-state index is -1.14. The van der Waals surface area contributed by atoms with Gasteiger partial charge in [-0.15, -0.1) is 11.3 Å². The summed E-state index contributed by atoms with van der Waals surface area (Å²) in [5, 5.41) is 8.95. The van der Waals surface area contributed by atoms with E-state index in [1.54, 1.807) is 12.1 Å². The standard InChI is InChI=1S/C14H8ClNO4S/c15-11-4-2-8(21-11)6-16-12(17)9-3-1-7(14(19)20)5-10(9)13(16)18/h1-5H,6H2,(H,19,20). The molecule has 1 aromatic heterocycles. The summed E-state index contributed by atoms with van der Waals surface area (Å²) in [6.07, 6.45) is 0. The largest absolute Gasteiger partial charge is 0.478 e. The second-order valence-electron chi connectivity index (χ2n) is 4.47. The van der Waals surface area contributed by atoms with Crippen LogP contribution in [0.15, 0.2) is 30.3 Å². The number of amides is 2. The molecule has 2 aromatic rings. The van der Waals surface area contributed by atoms with Crippen molar-refractivity contribution in [3.63, 3.8) is 0 Å². The first-order chi connectivity index (χ1) is 9.97. The first-order valence-electron chi connectivity index (χ1n) is 5.95. The van der Waals surface area contributed by atoms with E-state index in [9.17, 15) is 14.4 Å². The lowest BCUT2D eigenvalue weighted by atomic mass is 10.1. The van der Waals surface area contributed by atoms with Gasteiger partial charge in [0.25, 0.3) is 11.8 Å². The molecule has 0 aliphatic carbocycles. The summed E-state index contributed by atoms with van der Waals surface area (Å²) in [6.45, 7) is 0.131. The number of hydrogen-bond acceptors (Lipinski definition) is 4. The number of fused-ring (bicyclic) bond motifs is 1. The molecule has 1 aliphatic heterocycles. The maximum absolute atomic E-state index is 12.3. The molecule has 5 nitrogen and oxygen atoms in total. The number of carbonyl (C=O) groups excluding carboxylic acids is 2. The lowest BCUT2D eigenvalue weighted by Gasteiger charge is -2.11. The number of rotatable bonds is 3. The third-order valence-electron chi connectivity index (χ3n) is 3.16. The fourth-order valence-corrected chi connectivity index (χ4v) is 3.24. The second kappa shape index (κ2) is 4.98. The number of carboxylic acids is 1. The quantitative estimate of drug-likeness (QED) is 0.882. The van der Waals surface area contributed by atoms with E-state index in [4.69, 9.17) is 16.7 Å². The van der Waals surface area contributed by atoms with Crippen LogP contribution in [-0.4, -0.2) is 27.8 Å². The van der Waals surface area contributed by atoms with Crippen molar-refractivity contribution < 1.29 is 19.5 Å². The Balaban J connectivity index is 1.94. The van der Waals surface area contributed by atoms with Crippen molar-refractivity contribution in [2.45, 2.75) is 6.54 Å². The molecule has 0 fully saturated rings. The zero-order chi connectivity index (χ0) is 15.1. The SMILES string of the molecule is O=C(O)c1ccc2c(c1)C(=O)N(Cc1ccc(Cl)s1)C2=O. The predicted molar refractivity (Wildman–Crippen MR) is 76.9 cm³/mol. The smallest absolute Gasteiger partial charge is 0.335 e. The van der Waals surface area contributed by atoms with E-state index in [0.717, 1.165) is 9.78 Å². The zero-order valence-corrected chi connectivity index (χ0v) is 12.1. The van der Waals surface area contributed by atoms with Crippen molar-refractivity contribution in [1.29, 1.82) is 0 Å². The third kappa shape index (κ3) is 2.32.